The van der Waals surface area contributed by atoms with E-state index in [0.29, 0.717) is 19.4 Å². The standard InChI is InChI=1S/C42H85NO3/c1-3-5-7-9-11-13-15-17-18-19-20-21-22-23-25-27-29-31-33-35-37-41(45)42(46)43-39-38-40(44)36-34-32-30-28-26-24-16-14-12-10-8-6-4-2/h40-41,44-45H,3-39H2,1-2H3,(H,43,46)/t40-,41?/m1/s1. The highest BCUT2D eigenvalue weighted by molar-refractivity contribution is 5.80. The lowest BCUT2D eigenvalue weighted by Crippen LogP contribution is -2.36. The van der Waals surface area contributed by atoms with Gasteiger partial charge < -0.3 is 15.5 Å². The molecule has 0 aromatic carbocycles. The lowest BCUT2D eigenvalue weighted by Gasteiger charge is -2.14. The molecule has 0 saturated heterocycles. The predicted molar refractivity (Wildman–Crippen MR) is 203 cm³/mol. The van der Waals surface area contributed by atoms with E-state index in [1.54, 1.807) is 0 Å². The van der Waals surface area contributed by atoms with Crippen LogP contribution < -0.4 is 5.32 Å². The average molecular weight is 652 g/mol. The summed E-state index contributed by atoms with van der Waals surface area (Å²) in [6.07, 6.45) is 45.1. The van der Waals surface area contributed by atoms with E-state index >= 15 is 0 Å². The zero-order valence-electron chi connectivity index (χ0n) is 31.6. The Hall–Kier alpha value is -0.610. The normalized spacial score (nSPS) is 12.9. The first-order valence-electron chi connectivity index (χ1n) is 21.3. The number of carbonyl (C=O) groups excluding carboxylic acids is 1. The van der Waals surface area contributed by atoms with Crippen molar-refractivity contribution in [1.82, 2.24) is 5.32 Å². The van der Waals surface area contributed by atoms with Gasteiger partial charge in [-0.1, -0.05) is 226 Å². The van der Waals surface area contributed by atoms with Crippen LogP contribution >= 0.6 is 0 Å². The molecule has 0 rings (SSSR count). The Kier molecular flexibility index (Phi) is 38.3. The Morgan fingerprint density at radius 2 is 0.652 bits per heavy atom. The third-order valence-electron chi connectivity index (χ3n) is 10.1. The summed E-state index contributed by atoms with van der Waals surface area (Å²) in [6.45, 7) is 5.02. The number of hydrogen-bond donors (Lipinski definition) is 3. The molecular weight excluding hydrogens is 566 g/mol. The molecule has 0 spiro atoms. The highest BCUT2D eigenvalue weighted by Crippen LogP contribution is 2.16. The molecule has 46 heavy (non-hydrogen) atoms. The van der Waals surface area contributed by atoms with E-state index < -0.39 is 6.10 Å². The Morgan fingerprint density at radius 1 is 0.391 bits per heavy atom. The number of hydrogen-bond acceptors (Lipinski definition) is 3. The Balaban J connectivity index is 3.35. The number of carbonyl (C=O) groups is 1. The van der Waals surface area contributed by atoms with Crippen LogP contribution in [0.3, 0.4) is 0 Å². The molecule has 276 valence electrons. The topological polar surface area (TPSA) is 69.6 Å². The number of nitrogens with one attached hydrogen (secondary N) is 1. The van der Waals surface area contributed by atoms with Crippen LogP contribution in [0.15, 0.2) is 0 Å². The lowest BCUT2D eigenvalue weighted by atomic mass is 10.0. The molecule has 4 heteroatoms. The molecule has 0 aromatic rings. The van der Waals surface area contributed by atoms with Crippen molar-refractivity contribution in [3.8, 4) is 0 Å². The monoisotopic (exact) mass is 652 g/mol. The summed E-state index contributed by atoms with van der Waals surface area (Å²) in [5, 5.41) is 23.3. The van der Waals surface area contributed by atoms with Gasteiger partial charge in [0.2, 0.25) is 5.91 Å². The van der Waals surface area contributed by atoms with E-state index in [9.17, 15) is 15.0 Å². The molecule has 0 radical (unpaired) electrons. The van der Waals surface area contributed by atoms with Gasteiger partial charge >= 0.3 is 0 Å². The summed E-state index contributed by atoms with van der Waals surface area (Å²) in [5.41, 5.74) is 0. The van der Waals surface area contributed by atoms with E-state index in [-0.39, 0.29) is 12.0 Å². The van der Waals surface area contributed by atoms with E-state index in [2.05, 4.69) is 19.2 Å². The second-order valence-electron chi connectivity index (χ2n) is 14.8. The van der Waals surface area contributed by atoms with Crippen molar-refractivity contribution in [2.24, 2.45) is 0 Å². The summed E-state index contributed by atoms with van der Waals surface area (Å²) in [6, 6.07) is 0. The maximum atomic E-state index is 12.2. The Bertz CT molecular complexity index is 583. The molecule has 0 fully saturated rings. The van der Waals surface area contributed by atoms with Gasteiger partial charge in [-0.2, -0.15) is 0 Å². The van der Waals surface area contributed by atoms with Crippen LogP contribution in [-0.4, -0.2) is 34.9 Å². The van der Waals surface area contributed by atoms with Gasteiger partial charge in [0.25, 0.3) is 0 Å². The molecule has 0 saturated carbocycles. The number of unbranched alkanes of at least 4 members (excludes halogenated alkanes) is 31. The molecule has 0 aliphatic rings. The van der Waals surface area contributed by atoms with E-state index in [0.717, 1.165) is 25.7 Å². The summed E-state index contributed by atoms with van der Waals surface area (Å²) in [7, 11) is 0. The molecule has 0 aliphatic heterocycles. The van der Waals surface area contributed by atoms with Crippen molar-refractivity contribution in [2.45, 2.75) is 257 Å². The van der Waals surface area contributed by atoms with E-state index in [4.69, 9.17) is 0 Å². The molecule has 2 atom stereocenters. The van der Waals surface area contributed by atoms with Crippen LogP contribution in [0.4, 0.5) is 0 Å². The second kappa shape index (κ2) is 38.8. The molecule has 1 amide bonds. The van der Waals surface area contributed by atoms with Gasteiger partial charge in [0.1, 0.15) is 6.10 Å². The van der Waals surface area contributed by atoms with Crippen molar-refractivity contribution in [3.63, 3.8) is 0 Å². The minimum absolute atomic E-state index is 0.272. The van der Waals surface area contributed by atoms with Crippen LogP contribution in [0.5, 0.6) is 0 Å². The third kappa shape index (κ3) is 36.2. The van der Waals surface area contributed by atoms with Gasteiger partial charge in [0.15, 0.2) is 0 Å². The van der Waals surface area contributed by atoms with E-state index in [1.165, 1.54) is 193 Å². The van der Waals surface area contributed by atoms with Crippen molar-refractivity contribution < 1.29 is 15.0 Å². The fourth-order valence-corrected chi connectivity index (χ4v) is 6.75. The fourth-order valence-electron chi connectivity index (χ4n) is 6.75. The van der Waals surface area contributed by atoms with Gasteiger partial charge in [-0.05, 0) is 19.3 Å². The van der Waals surface area contributed by atoms with Gasteiger partial charge in [-0.15, -0.1) is 0 Å². The zero-order chi connectivity index (χ0) is 33.6. The van der Waals surface area contributed by atoms with Crippen LogP contribution in [0.25, 0.3) is 0 Å². The predicted octanol–water partition coefficient (Wildman–Crippen LogP) is 12.9. The molecular formula is C42H85NO3. The highest BCUT2D eigenvalue weighted by Gasteiger charge is 2.14. The average Bonchev–Trinajstić information content (AvgIpc) is 3.05. The zero-order valence-corrected chi connectivity index (χ0v) is 31.6. The quantitative estimate of drug-likeness (QED) is 0.0579. The molecule has 3 N–H and O–H groups in total. The second-order valence-corrected chi connectivity index (χ2v) is 14.8. The van der Waals surface area contributed by atoms with Gasteiger partial charge in [0.05, 0.1) is 6.10 Å². The van der Waals surface area contributed by atoms with Crippen molar-refractivity contribution >= 4 is 5.91 Å². The molecule has 0 aromatic heterocycles. The van der Waals surface area contributed by atoms with Crippen molar-refractivity contribution in [3.05, 3.63) is 0 Å². The summed E-state index contributed by atoms with van der Waals surface area (Å²) >= 11 is 0. The minimum atomic E-state index is -0.909. The SMILES string of the molecule is CCCCCCCCCCCCCCCCCCCCCCC(O)C(=O)NCC[C@H](O)CCCCCCCCCCCCCCC. The Labute approximate surface area is 289 Å². The number of rotatable bonds is 39. The third-order valence-corrected chi connectivity index (χ3v) is 10.1. The fraction of sp³-hybridized carbons (Fsp3) is 0.976. The van der Waals surface area contributed by atoms with Crippen LogP contribution in [0.2, 0.25) is 0 Å². The number of amides is 1. The summed E-state index contributed by atoms with van der Waals surface area (Å²) in [5.74, 6) is -0.272. The summed E-state index contributed by atoms with van der Waals surface area (Å²) in [4.78, 5) is 12.2. The number of aliphatic hydroxyl groups is 2. The molecule has 0 aliphatic carbocycles. The Morgan fingerprint density at radius 3 is 0.957 bits per heavy atom. The largest absolute Gasteiger partial charge is 0.393 e. The first kappa shape index (κ1) is 45.4. The van der Waals surface area contributed by atoms with Gasteiger partial charge in [0, 0.05) is 6.54 Å². The summed E-state index contributed by atoms with van der Waals surface area (Å²) < 4.78 is 0. The first-order chi connectivity index (χ1) is 22.6. The first-order valence-corrected chi connectivity index (χ1v) is 21.3. The van der Waals surface area contributed by atoms with E-state index in [1.807, 2.05) is 0 Å². The van der Waals surface area contributed by atoms with Crippen LogP contribution in [0.1, 0.15) is 245 Å². The van der Waals surface area contributed by atoms with Crippen LogP contribution in [0, 0.1) is 0 Å². The van der Waals surface area contributed by atoms with Crippen molar-refractivity contribution in [1.29, 1.82) is 0 Å². The molecule has 4 nitrogen and oxygen atoms in total. The highest BCUT2D eigenvalue weighted by atomic mass is 16.3. The molecule has 0 heterocycles. The molecule has 1 unspecified atom stereocenters. The van der Waals surface area contributed by atoms with Crippen LogP contribution in [-0.2, 0) is 4.79 Å². The maximum Gasteiger partial charge on any atom is 0.248 e. The van der Waals surface area contributed by atoms with Gasteiger partial charge in [-0.3, -0.25) is 4.79 Å². The molecule has 0 bridgehead atoms. The van der Waals surface area contributed by atoms with Gasteiger partial charge in [-0.25, -0.2) is 0 Å². The number of aliphatic hydroxyl groups excluding tert-OH is 2. The van der Waals surface area contributed by atoms with Crippen molar-refractivity contribution in [2.75, 3.05) is 6.54 Å². The minimum Gasteiger partial charge on any atom is -0.393 e. The smallest absolute Gasteiger partial charge is 0.248 e. The maximum absolute atomic E-state index is 12.2. The lowest BCUT2D eigenvalue weighted by molar-refractivity contribution is -0.129.